The standard InChI is InChI=1S/C19H31N3O3/c1-13(2)10-18(24)11-20-19(25)21-17-8-6-16(7-9-17)12-22(14(3)4)15(5)23/h6-9,13-14,18,24H,10-12H2,1-5H3,(H2,20,21,25)/t18-/m0/s1. The summed E-state index contributed by atoms with van der Waals surface area (Å²) in [5.41, 5.74) is 1.67. The van der Waals surface area contributed by atoms with E-state index in [9.17, 15) is 14.7 Å². The van der Waals surface area contributed by atoms with Gasteiger partial charge in [-0.15, -0.1) is 0 Å². The molecule has 1 aromatic carbocycles. The number of hydrogen-bond donors (Lipinski definition) is 3. The van der Waals surface area contributed by atoms with Crippen molar-refractivity contribution in [2.75, 3.05) is 11.9 Å². The zero-order chi connectivity index (χ0) is 19.0. The first-order valence-electron chi connectivity index (χ1n) is 8.78. The molecular weight excluding hydrogens is 318 g/mol. The Kier molecular flexibility index (Phi) is 8.41. The monoisotopic (exact) mass is 349 g/mol. The van der Waals surface area contributed by atoms with Crippen LogP contribution in [0.15, 0.2) is 24.3 Å². The molecular formula is C19H31N3O3. The van der Waals surface area contributed by atoms with Gasteiger partial charge >= 0.3 is 6.03 Å². The molecule has 0 aromatic heterocycles. The lowest BCUT2D eigenvalue weighted by Crippen LogP contribution is -2.35. The van der Waals surface area contributed by atoms with E-state index in [1.165, 1.54) is 0 Å². The van der Waals surface area contributed by atoms with E-state index in [-0.39, 0.29) is 24.5 Å². The molecule has 0 aliphatic heterocycles. The van der Waals surface area contributed by atoms with Crippen LogP contribution in [0.3, 0.4) is 0 Å². The number of urea groups is 1. The molecule has 1 aromatic rings. The van der Waals surface area contributed by atoms with Crippen LogP contribution in [0.25, 0.3) is 0 Å². The minimum Gasteiger partial charge on any atom is -0.391 e. The number of anilines is 1. The van der Waals surface area contributed by atoms with Crippen molar-refractivity contribution in [3.63, 3.8) is 0 Å². The first kappa shape index (κ1) is 21.0. The van der Waals surface area contributed by atoms with Gasteiger partial charge in [0.05, 0.1) is 6.10 Å². The molecule has 140 valence electrons. The van der Waals surface area contributed by atoms with Crippen molar-refractivity contribution in [3.8, 4) is 0 Å². The lowest BCUT2D eigenvalue weighted by Gasteiger charge is -2.25. The molecule has 0 aliphatic carbocycles. The van der Waals surface area contributed by atoms with Crippen LogP contribution in [0.1, 0.15) is 46.6 Å². The summed E-state index contributed by atoms with van der Waals surface area (Å²) < 4.78 is 0. The number of nitrogens with zero attached hydrogens (tertiary/aromatic N) is 1. The van der Waals surface area contributed by atoms with Gasteiger partial charge in [-0.3, -0.25) is 4.79 Å². The second-order valence-electron chi connectivity index (χ2n) is 7.06. The molecule has 0 spiro atoms. The average Bonchev–Trinajstić information content (AvgIpc) is 2.51. The lowest BCUT2D eigenvalue weighted by atomic mass is 10.1. The fourth-order valence-corrected chi connectivity index (χ4v) is 2.56. The first-order chi connectivity index (χ1) is 11.7. The minimum atomic E-state index is -0.540. The molecule has 6 heteroatoms. The minimum absolute atomic E-state index is 0.0385. The number of benzene rings is 1. The Morgan fingerprint density at radius 1 is 1.12 bits per heavy atom. The van der Waals surface area contributed by atoms with Crippen LogP contribution in [0.2, 0.25) is 0 Å². The van der Waals surface area contributed by atoms with E-state index in [1.807, 2.05) is 39.8 Å². The molecule has 0 bridgehead atoms. The summed E-state index contributed by atoms with van der Waals surface area (Å²) in [6, 6.07) is 7.18. The molecule has 25 heavy (non-hydrogen) atoms. The van der Waals surface area contributed by atoms with Gasteiger partial charge in [-0.05, 0) is 43.9 Å². The smallest absolute Gasteiger partial charge is 0.319 e. The molecule has 3 N–H and O–H groups in total. The van der Waals surface area contributed by atoms with Crippen molar-refractivity contribution in [2.45, 2.75) is 59.7 Å². The van der Waals surface area contributed by atoms with E-state index < -0.39 is 6.10 Å². The number of amides is 3. The molecule has 0 saturated heterocycles. The zero-order valence-electron chi connectivity index (χ0n) is 15.9. The van der Waals surface area contributed by atoms with Gasteiger partial charge in [-0.2, -0.15) is 0 Å². The van der Waals surface area contributed by atoms with Crippen LogP contribution >= 0.6 is 0 Å². The summed E-state index contributed by atoms with van der Waals surface area (Å²) in [5, 5.41) is 15.2. The zero-order valence-corrected chi connectivity index (χ0v) is 15.9. The molecule has 0 radical (unpaired) electrons. The van der Waals surface area contributed by atoms with E-state index in [1.54, 1.807) is 24.0 Å². The number of aliphatic hydroxyl groups excluding tert-OH is 1. The SMILES string of the molecule is CC(=O)N(Cc1ccc(NC(=O)NC[C@@H](O)CC(C)C)cc1)C(C)C. The Balaban J connectivity index is 2.51. The molecule has 0 saturated carbocycles. The number of carbonyl (C=O) groups excluding carboxylic acids is 2. The largest absolute Gasteiger partial charge is 0.391 e. The fourth-order valence-electron chi connectivity index (χ4n) is 2.56. The quantitative estimate of drug-likeness (QED) is 0.675. The Hall–Kier alpha value is -2.08. The van der Waals surface area contributed by atoms with Crippen LogP contribution in [0, 0.1) is 5.92 Å². The molecule has 0 unspecified atom stereocenters. The van der Waals surface area contributed by atoms with Crippen molar-refractivity contribution in [3.05, 3.63) is 29.8 Å². The Bertz CT molecular complexity index is 556. The number of nitrogens with one attached hydrogen (secondary N) is 2. The normalized spacial score (nSPS) is 12.2. The molecule has 0 fully saturated rings. The average molecular weight is 349 g/mol. The van der Waals surface area contributed by atoms with Crippen molar-refractivity contribution >= 4 is 17.6 Å². The summed E-state index contributed by atoms with van der Waals surface area (Å²) >= 11 is 0. The van der Waals surface area contributed by atoms with Crippen molar-refractivity contribution in [2.24, 2.45) is 5.92 Å². The number of hydrogen-bond acceptors (Lipinski definition) is 3. The van der Waals surface area contributed by atoms with Gasteiger partial charge in [0.25, 0.3) is 0 Å². The van der Waals surface area contributed by atoms with E-state index in [4.69, 9.17) is 0 Å². The second kappa shape index (κ2) is 10.0. The molecule has 0 aliphatic rings. The van der Waals surface area contributed by atoms with Crippen molar-refractivity contribution in [1.29, 1.82) is 0 Å². The molecule has 1 atom stereocenters. The first-order valence-corrected chi connectivity index (χ1v) is 8.78. The highest BCUT2D eigenvalue weighted by Gasteiger charge is 2.13. The van der Waals surface area contributed by atoms with Crippen LogP contribution < -0.4 is 10.6 Å². The highest BCUT2D eigenvalue weighted by Crippen LogP contribution is 2.13. The molecule has 1 rings (SSSR count). The van der Waals surface area contributed by atoms with Crippen molar-refractivity contribution in [1.82, 2.24) is 10.2 Å². The van der Waals surface area contributed by atoms with E-state index in [2.05, 4.69) is 10.6 Å². The summed E-state index contributed by atoms with van der Waals surface area (Å²) in [6.45, 7) is 10.3. The van der Waals surface area contributed by atoms with Gasteiger partial charge in [0.2, 0.25) is 5.91 Å². The van der Waals surface area contributed by atoms with Crippen LogP contribution in [-0.2, 0) is 11.3 Å². The highest BCUT2D eigenvalue weighted by atomic mass is 16.3. The van der Waals surface area contributed by atoms with Gasteiger partial charge in [0.1, 0.15) is 0 Å². The van der Waals surface area contributed by atoms with E-state index in [0.29, 0.717) is 24.6 Å². The third-order valence-corrected chi connectivity index (χ3v) is 3.83. The summed E-state index contributed by atoms with van der Waals surface area (Å²) in [6.07, 6.45) is 0.110. The van der Waals surface area contributed by atoms with Gasteiger partial charge in [-0.1, -0.05) is 26.0 Å². The van der Waals surface area contributed by atoms with E-state index in [0.717, 1.165) is 5.56 Å². The number of aliphatic hydroxyl groups is 1. The lowest BCUT2D eigenvalue weighted by molar-refractivity contribution is -0.131. The molecule has 3 amide bonds. The van der Waals surface area contributed by atoms with Crippen LogP contribution in [0.5, 0.6) is 0 Å². The third kappa shape index (κ3) is 8.03. The molecule has 0 heterocycles. The van der Waals surface area contributed by atoms with E-state index >= 15 is 0 Å². The second-order valence-corrected chi connectivity index (χ2v) is 7.06. The van der Waals surface area contributed by atoms with Crippen LogP contribution in [-0.4, -0.2) is 40.6 Å². The Morgan fingerprint density at radius 2 is 1.72 bits per heavy atom. The van der Waals surface area contributed by atoms with Gasteiger partial charge in [0.15, 0.2) is 0 Å². The predicted molar refractivity (Wildman–Crippen MR) is 100 cm³/mol. The molecule has 6 nitrogen and oxygen atoms in total. The predicted octanol–water partition coefficient (Wildman–Crippen LogP) is 2.97. The van der Waals surface area contributed by atoms with Gasteiger partial charge < -0.3 is 20.6 Å². The maximum atomic E-state index is 11.9. The Labute approximate surface area is 150 Å². The number of carbonyl (C=O) groups is 2. The Morgan fingerprint density at radius 3 is 2.20 bits per heavy atom. The number of rotatable bonds is 8. The maximum Gasteiger partial charge on any atom is 0.319 e. The van der Waals surface area contributed by atoms with Crippen molar-refractivity contribution < 1.29 is 14.7 Å². The summed E-state index contributed by atoms with van der Waals surface area (Å²) in [7, 11) is 0. The topological polar surface area (TPSA) is 81.7 Å². The van der Waals surface area contributed by atoms with Crippen LogP contribution in [0.4, 0.5) is 10.5 Å². The maximum absolute atomic E-state index is 11.9. The fraction of sp³-hybridized carbons (Fsp3) is 0.579. The van der Waals surface area contributed by atoms with Gasteiger partial charge in [-0.25, -0.2) is 4.79 Å². The third-order valence-electron chi connectivity index (χ3n) is 3.83. The summed E-state index contributed by atoms with van der Waals surface area (Å²) in [5.74, 6) is 0.421. The highest BCUT2D eigenvalue weighted by molar-refractivity contribution is 5.89. The van der Waals surface area contributed by atoms with Gasteiger partial charge in [0, 0.05) is 31.7 Å². The summed E-state index contributed by atoms with van der Waals surface area (Å²) in [4.78, 5) is 25.3.